The van der Waals surface area contributed by atoms with E-state index in [1.165, 1.54) is 71.4 Å². The molecule has 0 amide bonds. The van der Waals surface area contributed by atoms with E-state index >= 15 is 0 Å². The Morgan fingerprint density at radius 1 is 0.947 bits per heavy atom. The van der Waals surface area contributed by atoms with Crippen molar-refractivity contribution in [2.75, 3.05) is 45.8 Å². The Morgan fingerprint density at radius 2 is 1.63 bits per heavy atom. The summed E-state index contributed by atoms with van der Waals surface area (Å²) in [7, 11) is 0. The summed E-state index contributed by atoms with van der Waals surface area (Å²) in [5.74, 6) is 0.927. The Balaban J connectivity index is 1.65. The lowest BCUT2D eigenvalue weighted by Gasteiger charge is -2.41. The second-order valence-electron chi connectivity index (χ2n) is 6.36. The summed E-state index contributed by atoms with van der Waals surface area (Å²) in [4.78, 5) is 5.43. The largest absolute Gasteiger partial charge is 0.317 e. The van der Waals surface area contributed by atoms with Crippen molar-refractivity contribution >= 4 is 0 Å². The van der Waals surface area contributed by atoms with Crippen molar-refractivity contribution in [2.45, 2.75) is 52.0 Å². The highest BCUT2D eigenvalue weighted by Crippen LogP contribution is 2.23. The van der Waals surface area contributed by atoms with E-state index < -0.39 is 0 Å². The Labute approximate surface area is 119 Å². The third-order valence-electron chi connectivity index (χ3n) is 4.95. The molecule has 0 atom stereocenters. The minimum absolute atomic E-state index is 0.883. The van der Waals surface area contributed by atoms with E-state index in [-0.39, 0.29) is 0 Å². The average Bonchev–Trinajstić information content (AvgIpc) is 2.47. The summed E-state index contributed by atoms with van der Waals surface area (Å²) in [5.41, 5.74) is 0. The number of nitrogens with zero attached hydrogens (tertiary/aromatic N) is 2. The number of hydrogen-bond donors (Lipinski definition) is 1. The van der Waals surface area contributed by atoms with E-state index in [0.717, 1.165) is 18.5 Å². The molecule has 0 aromatic rings. The van der Waals surface area contributed by atoms with Gasteiger partial charge in [-0.2, -0.15) is 0 Å². The van der Waals surface area contributed by atoms with Crippen LogP contribution in [-0.4, -0.2) is 61.7 Å². The van der Waals surface area contributed by atoms with E-state index in [1.54, 1.807) is 0 Å². The van der Waals surface area contributed by atoms with Gasteiger partial charge in [0, 0.05) is 6.04 Å². The highest BCUT2D eigenvalue weighted by atomic mass is 15.2. The number of likely N-dealkylation sites (tertiary alicyclic amines) is 2. The molecule has 2 rings (SSSR count). The fourth-order valence-corrected chi connectivity index (χ4v) is 3.69. The minimum Gasteiger partial charge on any atom is -0.317 e. The standard InChI is InChI=1S/C16H33N3/c1-3-9-18-10-7-16(8-11-18)19-12-5-15(6-13-19)14-17-4-2/h15-17H,3-14H2,1-2H3. The minimum atomic E-state index is 0.883. The average molecular weight is 267 g/mol. The van der Waals surface area contributed by atoms with Crippen LogP contribution in [0.4, 0.5) is 0 Å². The van der Waals surface area contributed by atoms with E-state index in [2.05, 4.69) is 29.0 Å². The molecule has 3 nitrogen and oxygen atoms in total. The summed E-state index contributed by atoms with van der Waals surface area (Å²) in [6, 6.07) is 0.883. The summed E-state index contributed by atoms with van der Waals surface area (Å²) >= 11 is 0. The van der Waals surface area contributed by atoms with Gasteiger partial charge in [0.2, 0.25) is 0 Å². The van der Waals surface area contributed by atoms with Gasteiger partial charge in [0.05, 0.1) is 0 Å². The molecule has 2 aliphatic heterocycles. The van der Waals surface area contributed by atoms with Gasteiger partial charge in [0.25, 0.3) is 0 Å². The fourth-order valence-electron chi connectivity index (χ4n) is 3.69. The molecule has 2 aliphatic rings. The SMILES string of the molecule is CCCN1CCC(N2CCC(CNCC)CC2)CC1. The quantitative estimate of drug-likeness (QED) is 0.796. The van der Waals surface area contributed by atoms with E-state index in [9.17, 15) is 0 Å². The van der Waals surface area contributed by atoms with Gasteiger partial charge in [-0.1, -0.05) is 13.8 Å². The lowest BCUT2D eigenvalue weighted by Crippen LogP contribution is -2.48. The molecule has 112 valence electrons. The predicted octanol–water partition coefficient (Wildman–Crippen LogP) is 2.18. The van der Waals surface area contributed by atoms with Crippen molar-refractivity contribution in [3.63, 3.8) is 0 Å². The van der Waals surface area contributed by atoms with E-state index in [1.807, 2.05) is 0 Å². The molecule has 0 spiro atoms. The molecule has 0 radical (unpaired) electrons. The fraction of sp³-hybridized carbons (Fsp3) is 1.00. The third-order valence-corrected chi connectivity index (χ3v) is 4.95. The first-order chi connectivity index (χ1) is 9.33. The molecular weight excluding hydrogens is 234 g/mol. The predicted molar refractivity (Wildman–Crippen MR) is 82.6 cm³/mol. The van der Waals surface area contributed by atoms with Gasteiger partial charge in [0.15, 0.2) is 0 Å². The Kier molecular flexibility index (Phi) is 6.62. The normalized spacial score (nSPS) is 24.9. The van der Waals surface area contributed by atoms with Crippen LogP contribution in [0.25, 0.3) is 0 Å². The highest BCUT2D eigenvalue weighted by Gasteiger charge is 2.27. The van der Waals surface area contributed by atoms with Gasteiger partial charge in [-0.25, -0.2) is 0 Å². The molecular formula is C16H33N3. The maximum atomic E-state index is 3.51. The van der Waals surface area contributed by atoms with Crippen LogP contribution in [0.1, 0.15) is 46.0 Å². The molecule has 2 fully saturated rings. The van der Waals surface area contributed by atoms with E-state index in [0.29, 0.717) is 0 Å². The summed E-state index contributed by atoms with van der Waals surface area (Å²) in [6.45, 7) is 13.5. The zero-order valence-corrected chi connectivity index (χ0v) is 13.0. The van der Waals surface area contributed by atoms with Gasteiger partial charge >= 0.3 is 0 Å². The van der Waals surface area contributed by atoms with Gasteiger partial charge in [0.1, 0.15) is 0 Å². The molecule has 2 saturated heterocycles. The van der Waals surface area contributed by atoms with Gasteiger partial charge in [-0.3, -0.25) is 0 Å². The van der Waals surface area contributed by atoms with Crippen LogP contribution in [0.2, 0.25) is 0 Å². The lowest BCUT2D eigenvalue weighted by molar-refractivity contribution is 0.0777. The Bertz CT molecular complexity index is 228. The van der Waals surface area contributed by atoms with Crippen molar-refractivity contribution in [1.29, 1.82) is 0 Å². The van der Waals surface area contributed by atoms with Crippen LogP contribution < -0.4 is 5.32 Å². The van der Waals surface area contributed by atoms with Crippen LogP contribution in [0.15, 0.2) is 0 Å². The van der Waals surface area contributed by atoms with Crippen molar-refractivity contribution in [3.8, 4) is 0 Å². The summed E-state index contributed by atoms with van der Waals surface area (Å²) in [5, 5.41) is 3.51. The zero-order chi connectivity index (χ0) is 13.5. The molecule has 19 heavy (non-hydrogen) atoms. The van der Waals surface area contributed by atoms with Crippen LogP contribution >= 0.6 is 0 Å². The molecule has 0 bridgehead atoms. The van der Waals surface area contributed by atoms with Crippen molar-refractivity contribution in [2.24, 2.45) is 5.92 Å². The van der Waals surface area contributed by atoms with Gasteiger partial charge in [-0.05, 0) is 83.8 Å². The molecule has 3 heteroatoms. The maximum Gasteiger partial charge on any atom is 0.0120 e. The smallest absolute Gasteiger partial charge is 0.0120 e. The van der Waals surface area contributed by atoms with Crippen LogP contribution in [-0.2, 0) is 0 Å². The number of piperidine rings is 2. The van der Waals surface area contributed by atoms with Crippen LogP contribution in [0.3, 0.4) is 0 Å². The topological polar surface area (TPSA) is 18.5 Å². The molecule has 0 unspecified atom stereocenters. The van der Waals surface area contributed by atoms with Crippen LogP contribution in [0, 0.1) is 5.92 Å². The number of nitrogens with one attached hydrogen (secondary N) is 1. The highest BCUT2D eigenvalue weighted by molar-refractivity contribution is 4.83. The van der Waals surface area contributed by atoms with Gasteiger partial charge in [-0.15, -0.1) is 0 Å². The number of hydrogen-bond acceptors (Lipinski definition) is 3. The lowest BCUT2D eigenvalue weighted by atomic mass is 9.93. The molecule has 0 aliphatic carbocycles. The van der Waals surface area contributed by atoms with Crippen molar-refractivity contribution in [1.82, 2.24) is 15.1 Å². The number of rotatable bonds is 6. The molecule has 1 N–H and O–H groups in total. The first-order valence-corrected chi connectivity index (χ1v) is 8.50. The van der Waals surface area contributed by atoms with Crippen LogP contribution in [0.5, 0.6) is 0 Å². The molecule has 0 aromatic heterocycles. The van der Waals surface area contributed by atoms with E-state index in [4.69, 9.17) is 0 Å². The third kappa shape index (κ3) is 4.73. The van der Waals surface area contributed by atoms with Crippen molar-refractivity contribution in [3.05, 3.63) is 0 Å². The molecule has 0 saturated carbocycles. The van der Waals surface area contributed by atoms with Gasteiger partial charge < -0.3 is 15.1 Å². The summed E-state index contributed by atoms with van der Waals surface area (Å²) < 4.78 is 0. The monoisotopic (exact) mass is 267 g/mol. The Morgan fingerprint density at radius 3 is 2.21 bits per heavy atom. The first kappa shape index (κ1) is 15.3. The zero-order valence-electron chi connectivity index (χ0n) is 13.0. The first-order valence-electron chi connectivity index (χ1n) is 8.50. The Hall–Kier alpha value is -0.120. The second-order valence-corrected chi connectivity index (χ2v) is 6.36. The summed E-state index contributed by atoms with van der Waals surface area (Å²) in [6.07, 6.45) is 6.92. The molecule has 0 aromatic carbocycles. The maximum absolute atomic E-state index is 3.51. The molecule has 2 heterocycles. The second kappa shape index (κ2) is 8.23. The van der Waals surface area contributed by atoms with Crippen molar-refractivity contribution < 1.29 is 0 Å².